The lowest BCUT2D eigenvalue weighted by Crippen LogP contribution is -2.49. The van der Waals surface area contributed by atoms with E-state index in [2.05, 4.69) is 21.2 Å². The number of halogens is 1. The largest absolute Gasteiger partial charge is 0.352 e. The van der Waals surface area contributed by atoms with Gasteiger partial charge in [-0.2, -0.15) is 0 Å². The van der Waals surface area contributed by atoms with Gasteiger partial charge in [0, 0.05) is 30.0 Å². The summed E-state index contributed by atoms with van der Waals surface area (Å²) in [6.07, 6.45) is 2.40. The number of hydrogen-bond donors (Lipinski definition) is 1. The number of nitrogens with one attached hydrogen (secondary N) is 1. The maximum Gasteiger partial charge on any atom is 0.242 e. The summed E-state index contributed by atoms with van der Waals surface area (Å²) in [6.45, 7) is 10.0. The Balaban J connectivity index is 2.19. The molecule has 36 heavy (non-hydrogen) atoms. The van der Waals surface area contributed by atoms with Crippen LogP contribution in [0.5, 0.6) is 0 Å². The first-order chi connectivity index (χ1) is 16.8. The highest BCUT2D eigenvalue weighted by atomic mass is 79.9. The molecule has 2 amide bonds. The summed E-state index contributed by atoms with van der Waals surface area (Å²) in [4.78, 5) is 27.8. The van der Waals surface area contributed by atoms with Gasteiger partial charge in [0.1, 0.15) is 6.04 Å². The lowest BCUT2D eigenvalue weighted by Gasteiger charge is -2.30. The summed E-state index contributed by atoms with van der Waals surface area (Å²) in [5.41, 5.74) is 3.56. The Morgan fingerprint density at radius 1 is 1.06 bits per heavy atom. The predicted molar refractivity (Wildman–Crippen MR) is 149 cm³/mol. The fourth-order valence-corrected chi connectivity index (χ4v) is 5.17. The lowest BCUT2D eigenvalue weighted by molar-refractivity contribution is -0.140. The van der Waals surface area contributed by atoms with Gasteiger partial charge in [-0.05, 0) is 81.5 Å². The van der Waals surface area contributed by atoms with Crippen molar-refractivity contribution in [2.24, 2.45) is 0 Å². The van der Waals surface area contributed by atoms with Gasteiger partial charge >= 0.3 is 0 Å². The fraction of sp³-hybridized carbons (Fsp3) is 0.481. The molecule has 0 aromatic heterocycles. The molecule has 2 atom stereocenters. The van der Waals surface area contributed by atoms with Crippen LogP contribution in [0.25, 0.3) is 0 Å². The summed E-state index contributed by atoms with van der Waals surface area (Å²) in [5, 5.41) is 2.96. The van der Waals surface area contributed by atoms with Gasteiger partial charge in [-0.15, -0.1) is 0 Å². The summed E-state index contributed by atoms with van der Waals surface area (Å²) in [5.74, 6) is -0.407. The molecule has 0 unspecified atom stereocenters. The standard InChI is InChI=1S/C27H38BrN3O4S/c1-7-21(4)29-27(33)22(5)30(18-23-10-8-11-24(28)17-23)26(32)12-9-15-31(36(6,34)35)25-14-13-19(2)20(3)16-25/h8,10-11,13-14,16-17,21-22H,7,9,12,15,18H2,1-6H3,(H,29,33)/t21-,22+/m1/s1. The molecule has 0 fully saturated rings. The Labute approximate surface area is 224 Å². The number of carbonyl (C=O) groups excluding carboxylic acids is 2. The first kappa shape index (κ1) is 29.8. The van der Waals surface area contributed by atoms with E-state index in [-0.39, 0.29) is 37.4 Å². The number of nitrogens with zero attached hydrogens (tertiary/aromatic N) is 2. The third kappa shape index (κ3) is 8.62. The van der Waals surface area contributed by atoms with Crippen LogP contribution in [-0.4, -0.2) is 50.0 Å². The Morgan fingerprint density at radius 2 is 1.75 bits per heavy atom. The molecule has 0 bridgehead atoms. The van der Waals surface area contributed by atoms with Crippen molar-refractivity contribution in [1.82, 2.24) is 10.2 Å². The molecule has 0 radical (unpaired) electrons. The summed E-state index contributed by atoms with van der Waals surface area (Å²) in [6, 6.07) is 12.5. The van der Waals surface area contributed by atoms with E-state index in [0.29, 0.717) is 12.1 Å². The molecule has 198 valence electrons. The van der Waals surface area contributed by atoms with Crippen molar-refractivity contribution in [2.45, 2.75) is 72.5 Å². The van der Waals surface area contributed by atoms with Gasteiger partial charge in [-0.1, -0.05) is 41.1 Å². The van der Waals surface area contributed by atoms with Crippen LogP contribution in [0.3, 0.4) is 0 Å². The molecule has 0 aliphatic rings. The molecule has 9 heteroatoms. The summed E-state index contributed by atoms with van der Waals surface area (Å²) < 4.78 is 27.3. The van der Waals surface area contributed by atoms with Gasteiger partial charge < -0.3 is 10.2 Å². The zero-order valence-electron chi connectivity index (χ0n) is 22.0. The molecular weight excluding hydrogens is 542 g/mol. The quantitative estimate of drug-likeness (QED) is 0.385. The van der Waals surface area contributed by atoms with Gasteiger partial charge in [0.05, 0.1) is 11.9 Å². The fourth-order valence-electron chi connectivity index (χ4n) is 3.76. The highest BCUT2D eigenvalue weighted by Crippen LogP contribution is 2.22. The van der Waals surface area contributed by atoms with Crippen molar-refractivity contribution in [3.63, 3.8) is 0 Å². The van der Waals surface area contributed by atoms with Gasteiger partial charge in [-0.3, -0.25) is 13.9 Å². The smallest absolute Gasteiger partial charge is 0.242 e. The highest BCUT2D eigenvalue weighted by Gasteiger charge is 2.27. The highest BCUT2D eigenvalue weighted by molar-refractivity contribution is 9.10. The van der Waals surface area contributed by atoms with Crippen LogP contribution < -0.4 is 9.62 Å². The van der Waals surface area contributed by atoms with Crippen molar-refractivity contribution in [1.29, 1.82) is 0 Å². The number of rotatable bonds is 12. The van der Waals surface area contributed by atoms with Crippen molar-refractivity contribution in [3.8, 4) is 0 Å². The van der Waals surface area contributed by atoms with Crippen molar-refractivity contribution < 1.29 is 18.0 Å². The minimum atomic E-state index is -3.53. The number of anilines is 1. The molecule has 0 aliphatic carbocycles. The van der Waals surface area contributed by atoms with Gasteiger partial charge in [0.15, 0.2) is 0 Å². The Morgan fingerprint density at radius 3 is 2.33 bits per heavy atom. The second-order valence-electron chi connectivity index (χ2n) is 9.35. The van der Waals surface area contributed by atoms with Crippen molar-refractivity contribution >= 4 is 43.5 Å². The number of aryl methyl sites for hydroxylation is 2. The molecule has 2 rings (SSSR count). The first-order valence-corrected chi connectivity index (χ1v) is 14.9. The molecule has 0 saturated carbocycles. The topological polar surface area (TPSA) is 86.8 Å². The van der Waals surface area contributed by atoms with Crippen molar-refractivity contribution in [2.75, 3.05) is 17.1 Å². The number of hydrogen-bond acceptors (Lipinski definition) is 4. The number of benzene rings is 2. The van der Waals surface area contributed by atoms with E-state index >= 15 is 0 Å². The Hall–Kier alpha value is -2.39. The molecule has 7 nitrogen and oxygen atoms in total. The summed E-state index contributed by atoms with van der Waals surface area (Å²) >= 11 is 3.46. The van der Waals surface area contributed by atoms with Gasteiger partial charge in [-0.25, -0.2) is 8.42 Å². The van der Waals surface area contributed by atoms with Crippen LogP contribution in [0.4, 0.5) is 5.69 Å². The Kier molecular flexibility index (Phi) is 11.0. The zero-order valence-corrected chi connectivity index (χ0v) is 24.4. The summed E-state index contributed by atoms with van der Waals surface area (Å²) in [7, 11) is -3.53. The van der Waals surface area contributed by atoms with E-state index in [1.165, 1.54) is 10.6 Å². The van der Waals surface area contributed by atoms with Gasteiger partial charge in [0.2, 0.25) is 21.8 Å². The number of carbonyl (C=O) groups is 2. The minimum Gasteiger partial charge on any atom is -0.352 e. The minimum absolute atomic E-state index is 0.00376. The van der Waals surface area contributed by atoms with Crippen LogP contribution in [-0.2, 0) is 26.2 Å². The molecule has 1 N–H and O–H groups in total. The van der Waals surface area contributed by atoms with E-state index in [0.717, 1.165) is 27.6 Å². The molecule has 0 spiro atoms. The zero-order chi connectivity index (χ0) is 27.0. The molecular formula is C27H38BrN3O4S. The SMILES string of the molecule is CC[C@@H](C)NC(=O)[C@H](C)N(Cc1cccc(Br)c1)C(=O)CCCN(c1ccc(C)c(C)c1)S(C)(=O)=O. The van der Waals surface area contributed by atoms with Crippen LogP contribution >= 0.6 is 15.9 Å². The van der Waals surface area contributed by atoms with E-state index in [4.69, 9.17) is 0 Å². The third-order valence-corrected chi connectivity index (χ3v) is 8.03. The van der Waals surface area contributed by atoms with E-state index in [9.17, 15) is 18.0 Å². The van der Waals surface area contributed by atoms with E-state index < -0.39 is 16.1 Å². The Bertz CT molecular complexity index is 1170. The van der Waals surface area contributed by atoms with E-state index in [1.807, 2.05) is 64.1 Å². The monoisotopic (exact) mass is 579 g/mol. The van der Waals surface area contributed by atoms with Gasteiger partial charge in [0.25, 0.3) is 0 Å². The maximum atomic E-state index is 13.4. The number of sulfonamides is 1. The molecule has 0 heterocycles. The lowest BCUT2D eigenvalue weighted by atomic mass is 10.1. The normalized spacial score (nSPS) is 13.1. The third-order valence-electron chi connectivity index (χ3n) is 6.34. The second kappa shape index (κ2) is 13.2. The molecule has 2 aromatic rings. The molecule has 0 saturated heterocycles. The van der Waals surface area contributed by atoms with Crippen LogP contribution in [0.2, 0.25) is 0 Å². The van der Waals surface area contributed by atoms with Crippen LogP contribution in [0.15, 0.2) is 46.9 Å². The average Bonchev–Trinajstić information content (AvgIpc) is 2.80. The van der Waals surface area contributed by atoms with E-state index in [1.54, 1.807) is 17.9 Å². The first-order valence-electron chi connectivity index (χ1n) is 12.2. The van der Waals surface area contributed by atoms with Crippen LogP contribution in [0.1, 0.15) is 56.7 Å². The predicted octanol–water partition coefficient (Wildman–Crippen LogP) is 4.94. The maximum absolute atomic E-state index is 13.4. The van der Waals surface area contributed by atoms with Crippen LogP contribution in [0, 0.1) is 13.8 Å². The second-order valence-corrected chi connectivity index (χ2v) is 12.2. The molecule has 0 aliphatic heterocycles. The number of amides is 2. The molecule has 2 aromatic carbocycles. The average molecular weight is 581 g/mol. The van der Waals surface area contributed by atoms with Crippen molar-refractivity contribution in [3.05, 3.63) is 63.6 Å².